The van der Waals surface area contributed by atoms with E-state index in [4.69, 9.17) is 0 Å². The highest BCUT2D eigenvalue weighted by Gasteiger charge is 2.33. The molecule has 0 saturated carbocycles. The van der Waals surface area contributed by atoms with Crippen molar-refractivity contribution < 1.29 is 26.4 Å². The number of carbonyl (C=O) groups excluding carboxylic acids is 2. The van der Waals surface area contributed by atoms with E-state index in [9.17, 15) is 26.4 Å². The Kier molecular flexibility index (Phi) is 6.56. The number of amides is 1. The molecule has 0 bridgehead atoms. The number of aryl methyl sites for hydroxylation is 1. The average Bonchev–Trinajstić information content (AvgIpc) is 3.16. The summed E-state index contributed by atoms with van der Waals surface area (Å²) in [6.45, 7) is 2.92. The van der Waals surface area contributed by atoms with E-state index in [1.54, 1.807) is 4.90 Å². The molecule has 10 heteroatoms. The molecule has 1 amide bonds. The zero-order valence-corrected chi connectivity index (χ0v) is 20.9. The van der Waals surface area contributed by atoms with E-state index < -0.39 is 25.8 Å². The first-order valence-corrected chi connectivity index (χ1v) is 14.7. The van der Waals surface area contributed by atoms with Gasteiger partial charge in [-0.2, -0.15) is 0 Å². The maximum Gasteiger partial charge on any atom is 0.255 e. The second-order valence-corrected chi connectivity index (χ2v) is 13.0. The Balaban J connectivity index is 1.53. The van der Waals surface area contributed by atoms with Crippen molar-refractivity contribution in [1.29, 1.82) is 0 Å². The summed E-state index contributed by atoms with van der Waals surface area (Å²) in [5.74, 6) is -0.556. The number of ketones is 1. The number of sulfone groups is 1. The van der Waals surface area contributed by atoms with E-state index in [0.717, 1.165) is 11.8 Å². The van der Waals surface area contributed by atoms with Gasteiger partial charge in [0.25, 0.3) is 5.91 Å². The van der Waals surface area contributed by atoms with Gasteiger partial charge in [-0.25, -0.2) is 16.8 Å². The van der Waals surface area contributed by atoms with Crippen LogP contribution in [0.5, 0.6) is 0 Å². The van der Waals surface area contributed by atoms with E-state index in [1.807, 2.05) is 31.2 Å². The van der Waals surface area contributed by atoms with Crippen LogP contribution < -0.4 is 4.31 Å². The fourth-order valence-electron chi connectivity index (χ4n) is 4.55. The number of benzene rings is 2. The molecule has 0 spiro atoms. The third-order valence-corrected chi connectivity index (χ3v) is 9.48. The van der Waals surface area contributed by atoms with Gasteiger partial charge in [0.05, 0.1) is 21.9 Å². The minimum absolute atomic E-state index is 0.0120. The third kappa shape index (κ3) is 4.88. The number of hydrogen-bond acceptors (Lipinski definition) is 6. The first-order chi connectivity index (χ1) is 16.0. The molecule has 0 aliphatic carbocycles. The first-order valence-electron chi connectivity index (χ1n) is 11.2. The van der Waals surface area contributed by atoms with E-state index >= 15 is 0 Å². The number of sulfonamides is 1. The van der Waals surface area contributed by atoms with Gasteiger partial charge in [-0.15, -0.1) is 0 Å². The molecule has 0 radical (unpaired) electrons. The molecule has 4 rings (SSSR count). The highest BCUT2D eigenvalue weighted by molar-refractivity contribution is 7.93. The van der Waals surface area contributed by atoms with Crippen molar-refractivity contribution in [1.82, 2.24) is 4.90 Å². The Bertz CT molecular complexity index is 1330. The lowest BCUT2D eigenvalue weighted by Gasteiger charge is -2.32. The van der Waals surface area contributed by atoms with Gasteiger partial charge in [0.2, 0.25) is 10.0 Å². The number of carbonyl (C=O) groups is 2. The van der Waals surface area contributed by atoms with Gasteiger partial charge < -0.3 is 4.90 Å². The van der Waals surface area contributed by atoms with Gasteiger partial charge >= 0.3 is 0 Å². The number of rotatable bonds is 5. The second kappa shape index (κ2) is 9.14. The molecule has 182 valence electrons. The molecule has 0 atom stereocenters. The molecule has 2 aliphatic rings. The van der Waals surface area contributed by atoms with Gasteiger partial charge in [-0.05, 0) is 44.4 Å². The summed E-state index contributed by atoms with van der Waals surface area (Å²) in [5.41, 5.74) is 2.00. The summed E-state index contributed by atoms with van der Waals surface area (Å²) >= 11 is 0. The van der Waals surface area contributed by atoms with E-state index in [1.165, 1.54) is 22.5 Å². The molecule has 2 fully saturated rings. The summed E-state index contributed by atoms with van der Waals surface area (Å²) < 4.78 is 50.7. The Hall–Kier alpha value is -2.72. The van der Waals surface area contributed by atoms with Crippen LogP contribution in [0.4, 0.5) is 5.69 Å². The summed E-state index contributed by atoms with van der Waals surface area (Å²) in [6.07, 6.45) is 2.47. The lowest BCUT2D eigenvalue weighted by Crippen LogP contribution is -2.40. The highest BCUT2D eigenvalue weighted by atomic mass is 32.2. The maximum atomic E-state index is 13.3. The van der Waals surface area contributed by atoms with Gasteiger partial charge in [0, 0.05) is 37.4 Å². The molecule has 2 heterocycles. The molecule has 2 aliphatic heterocycles. The minimum Gasteiger partial charge on any atom is -0.339 e. The molecule has 0 aromatic heterocycles. The van der Waals surface area contributed by atoms with Crippen LogP contribution in [-0.4, -0.2) is 65.1 Å². The second-order valence-electron chi connectivity index (χ2n) is 8.99. The van der Waals surface area contributed by atoms with Crippen LogP contribution in [0.1, 0.15) is 45.5 Å². The molecule has 2 aromatic carbocycles. The molecular formula is C24H28N2O6S2. The largest absolute Gasteiger partial charge is 0.339 e. The summed E-state index contributed by atoms with van der Waals surface area (Å²) in [7, 11) is -7.28. The standard InChI is InChI=1S/C24H28N2O6S2/c1-17-4-6-18(7-5-17)23(27)19-10-13-25(14-11-19)24(28)21-9-8-20(16-22(21)33(2,29)30)26-12-3-15-34(26,31)32/h4-9,16,19H,3,10-15H2,1-2H3. The average molecular weight is 505 g/mol. The number of anilines is 1. The van der Waals surface area contributed by atoms with Gasteiger partial charge in [0.1, 0.15) is 0 Å². The lowest BCUT2D eigenvalue weighted by molar-refractivity contribution is 0.0647. The number of Topliss-reactive ketones (excluding diaryl/α,β-unsaturated/α-hetero) is 1. The quantitative estimate of drug-likeness (QED) is 0.579. The number of nitrogens with zero attached hydrogens (tertiary/aromatic N) is 2. The molecule has 2 saturated heterocycles. The maximum absolute atomic E-state index is 13.3. The summed E-state index contributed by atoms with van der Waals surface area (Å²) in [4.78, 5) is 27.5. The highest BCUT2D eigenvalue weighted by Crippen LogP contribution is 2.30. The van der Waals surface area contributed by atoms with Crippen LogP contribution in [0.25, 0.3) is 0 Å². The molecular weight excluding hydrogens is 476 g/mol. The predicted molar refractivity (Wildman–Crippen MR) is 129 cm³/mol. The number of hydrogen-bond donors (Lipinski definition) is 0. The zero-order valence-electron chi connectivity index (χ0n) is 19.2. The van der Waals surface area contributed by atoms with Crippen LogP contribution >= 0.6 is 0 Å². The fraction of sp³-hybridized carbons (Fsp3) is 0.417. The van der Waals surface area contributed by atoms with E-state index in [2.05, 4.69) is 0 Å². The zero-order chi connectivity index (χ0) is 24.7. The van der Waals surface area contributed by atoms with Crippen molar-refractivity contribution in [2.24, 2.45) is 5.92 Å². The fourth-order valence-corrected chi connectivity index (χ4v) is 6.99. The Morgan fingerprint density at radius 3 is 2.18 bits per heavy atom. The van der Waals surface area contributed by atoms with Crippen molar-refractivity contribution >= 4 is 37.2 Å². The molecule has 2 aromatic rings. The Morgan fingerprint density at radius 2 is 1.62 bits per heavy atom. The van der Waals surface area contributed by atoms with Crippen LogP contribution in [0.15, 0.2) is 47.4 Å². The Labute approximate surface area is 200 Å². The van der Waals surface area contributed by atoms with Crippen molar-refractivity contribution in [3.05, 3.63) is 59.2 Å². The lowest BCUT2D eigenvalue weighted by atomic mass is 9.88. The van der Waals surface area contributed by atoms with Crippen molar-refractivity contribution in [2.45, 2.75) is 31.1 Å². The molecule has 34 heavy (non-hydrogen) atoms. The number of likely N-dealkylation sites (tertiary alicyclic amines) is 1. The normalized spacial score (nSPS) is 18.8. The van der Waals surface area contributed by atoms with Gasteiger partial charge in [-0.1, -0.05) is 29.8 Å². The van der Waals surface area contributed by atoms with E-state index in [0.29, 0.717) is 37.9 Å². The molecule has 0 unspecified atom stereocenters. The van der Waals surface area contributed by atoms with E-state index in [-0.39, 0.29) is 40.1 Å². The van der Waals surface area contributed by atoms with Gasteiger partial charge in [0.15, 0.2) is 15.6 Å². The van der Waals surface area contributed by atoms with Crippen LogP contribution in [0.3, 0.4) is 0 Å². The summed E-state index contributed by atoms with van der Waals surface area (Å²) in [5, 5.41) is 0. The SMILES string of the molecule is Cc1ccc(C(=O)C2CCN(C(=O)c3ccc(N4CCCS4(=O)=O)cc3S(C)(=O)=O)CC2)cc1. The van der Waals surface area contributed by atoms with Crippen LogP contribution in [-0.2, 0) is 19.9 Å². The Morgan fingerprint density at radius 1 is 0.971 bits per heavy atom. The number of piperidine rings is 1. The topological polar surface area (TPSA) is 109 Å². The predicted octanol–water partition coefficient (Wildman–Crippen LogP) is 2.67. The minimum atomic E-state index is -3.79. The first kappa shape index (κ1) is 24.4. The van der Waals surface area contributed by atoms with Crippen molar-refractivity contribution in [3.63, 3.8) is 0 Å². The molecule has 8 nitrogen and oxygen atoms in total. The van der Waals surface area contributed by atoms with Gasteiger partial charge in [-0.3, -0.25) is 13.9 Å². The summed E-state index contributed by atoms with van der Waals surface area (Å²) in [6, 6.07) is 11.6. The third-order valence-electron chi connectivity index (χ3n) is 6.47. The smallest absolute Gasteiger partial charge is 0.255 e. The van der Waals surface area contributed by atoms with Crippen molar-refractivity contribution in [2.75, 3.05) is 35.9 Å². The van der Waals surface area contributed by atoms with Crippen LogP contribution in [0.2, 0.25) is 0 Å². The monoisotopic (exact) mass is 504 g/mol. The van der Waals surface area contributed by atoms with Crippen LogP contribution in [0, 0.1) is 12.8 Å². The molecule has 0 N–H and O–H groups in total. The van der Waals surface area contributed by atoms with Crippen molar-refractivity contribution in [3.8, 4) is 0 Å².